The average molecular weight is 1170 g/mol. The zero-order chi connectivity index (χ0) is 63.2. The molecule has 0 amide bonds. The van der Waals surface area contributed by atoms with Gasteiger partial charge in [-0.15, -0.1) is 0 Å². The molecule has 3 heterocycles. The lowest BCUT2D eigenvalue weighted by molar-refractivity contribution is 0.590. The lowest BCUT2D eigenvalue weighted by Crippen LogP contribution is -2.10. The molecule has 0 N–H and O–H groups in total. The van der Waals surface area contributed by atoms with Gasteiger partial charge < -0.3 is 9.13 Å². The van der Waals surface area contributed by atoms with Crippen molar-refractivity contribution < 1.29 is 0 Å². The van der Waals surface area contributed by atoms with Crippen molar-refractivity contribution in [1.82, 2.24) is 24.1 Å². The average Bonchev–Trinajstić information content (AvgIpc) is 1.55. The molecule has 13 aromatic rings. The van der Waals surface area contributed by atoms with Crippen molar-refractivity contribution >= 4 is 43.6 Å². The van der Waals surface area contributed by atoms with Crippen molar-refractivity contribution in [2.75, 3.05) is 0 Å². The molecule has 0 saturated carbocycles. The SMILES string of the molecule is CC(C)(C)c1ccc2c(c1)c1cc(C(C)(C)C)ccc1n2-c1cc(-c2ccccc2C#N)ccc1-c1nc(-c2ccc(-c3ccc(C#N)cc3)cc2)nc(-c2ccc(-c3ccccc3C#N)cc2-n2c3ccc(C(C)(C)C)cc3c3cc(C(C)(C)C)ccc32)n1. The summed E-state index contributed by atoms with van der Waals surface area (Å²) in [4.78, 5) is 16.8. The molecule has 0 fully saturated rings. The van der Waals surface area contributed by atoms with Crippen molar-refractivity contribution in [2.45, 2.75) is 105 Å². The van der Waals surface area contributed by atoms with Gasteiger partial charge in [0.1, 0.15) is 0 Å². The molecule has 0 aliphatic carbocycles. The van der Waals surface area contributed by atoms with Crippen molar-refractivity contribution in [1.29, 1.82) is 15.8 Å². The zero-order valence-electron chi connectivity index (χ0n) is 53.2. The molecule has 13 rings (SSSR count). The Morgan fingerprint density at radius 3 is 0.933 bits per heavy atom. The summed E-state index contributed by atoms with van der Waals surface area (Å²) in [6.07, 6.45) is 0. The molecule has 0 unspecified atom stereocenters. The highest BCUT2D eigenvalue weighted by Gasteiger charge is 2.28. The van der Waals surface area contributed by atoms with Gasteiger partial charge in [0, 0.05) is 38.2 Å². The first kappa shape index (κ1) is 58.3. The van der Waals surface area contributed by atoms with Crippen molar-refractivity contribution in [3.8, 4) is 97.1 Å². The number of rotatable bonds is 8. The predicted molar refractivity (Wildman–Crippen MR) is 370 cm³/mol. The van der Waals surface area contributed by atoms with E-state index in [0.717, 1.165) is 105 Å². The molecule has 0 spiro atoms. The van der Waals surface area contributed by atoms with Crippen LogP contribution in [-0.4, -0.2) is 24.1 Å². The van der Waals surface area contributed by atoms with Crippen LogP contribution >= 0.6 is 0 Å². The van der Waals surface area contributed by atoms with Gasteiger partial charge in [-0.2, -0.15) is 15.8 Å². The van der Waals surface area contributed by atoms with Crippen LogP contribution in [0.4, 0.5) is 0 Å². The van der Waals surface area contributed by atoms with E-state index < -0.39 is 0 Å². The number of hydrogen-bond acceptors (Lipinski definition) is 6. The van der Waals surface area contributed by atoms with Gasteiger partial charge in [0.05, 0.1) is 68.3 Å². The summed E-state index contributed by atoms with van der Waals surface area (Å²) in [6, 6.07) is 78.8. The van der Waals surface area contributed by atoms with Crippen LogP contribution in [0, 0.1) is 34.0 Å². The molecule has 8 nitrogen and oxygen atoms in total. The fraction of sp³-hybridized carbons (Fsp3) is 0.195. The van der Waals surface area contributed by atoms with Crippen molar-refractivity contribution in [3.63, 3.8) is 0 Å². The molecule has 0 aliphatic heterocycles. The van der Waals surface area contributed by atoms with Gasteiger partial charge >= 0.3 is 0 Å². The fourth-order valence-corrected chi connectivity index (χ4v) is 12.5. The maximum absolute atomic E-state index is 10.6. The summed E-state index contributed by atoms with van der Waals surface area (Å²) < 4.78 is 4.71. The number of nitrogens with zero attached hydrogens (tertiary/aromatic N) is 8. The molecular weight excluding hydrogens is 1100 g/mol. The lowest BCUT2D eigenvalue weighted by Gasteiger charge is -2.20. The van der Waals surface area contributed by atoms with Crippen molar-refractivity contribution in [2.24, 2.45) is 0 Å². The van der Waals surface area contributed by atoms with Gasteiger partial charge in [0.15, 0.2) is 17.5 Å². The van der Waals surface area contributed by atoms with Crippen LogP contribution in [0.3, 0.4) is 0 Å². The third-order valence-electron chi connectivity index (χ3n) is 17.8. The van der Waals surface area contributed by atoms with Crippen LogP contribution < -0.4 is 0 Å². The molecule has 0 aliphatic rings. The van der Waals surface area contributed by atoms with Crippen LogP contribution in [-0.2, 0) is 21.7 Å². The highest BCUT2D eigenvalue weighted by Crippen LogP contribution is 2.45. The second-order valence-electron chi connectivity index (χ2n) is 27.9. The topological polar surface area (TPSA) is 120 Å². The van der Waals surface area contributed by atoms with E-state index in [0.29, 0.717) is 34.2 Å². The third-order valence-corrected chi connectivity index (χ3v) is 17.8. The standard InChI is InChI=1S/C82H70N8/c1-79(2,3)58-31-37-70-66(43-58)67-44-59(80(4,5)6)32-38-71(67)89(70)74-41-54(62-19-15-13-17-56(62)48-84)29-35-64(74)77-86-76(53-27-25-52(26-28-53)51-23-21-50(47-83)22-24-51)87-78(88-77)65-36-30-55(63-20-16-14-18-57(63)49-85)42-75(65)90-72-39-33-60(81(7,8)9)45-68(72)69-46-61(82(10,11)12)34-40-73(69)90/h13-46H,1-12H3. The maximum atomic E-state index is 10.6. The van der Waals surface area contributed by atoms with E-state index in [2.05, 4.69) is 244 Å². The zero-order valence-corrected chi connectivity index (χ0v) is 53.2. The number of nitriles is 3. The van der Waals surface area contributed by atoms with Gasteiger partial charge in [0.25, 0.3) is 0 Å². The minimum atomic E-state index is -0.117. The highest BCUT2D eigenvalue weighted by atomic mass is 15.1. The Labute approximate surface area is 527 Å². The Morgan fingerprint density at radius 1 is 0.289 bits per heavy atom. The fourth-order valence-electron chi connectivity index (χ4n) is 12.5. The van der Waals surface area contributed by atoms with E-state index in [1.807, 2.05) is 72.8 Å². The molecule has 0 bridgehead atoms. The Morgan fingerprint density at radius 2 is 0.600 bits per heavy atom. The summed E-state index contributed by atoms with van der Waals surface area (Å²) in [6.45, 7) is 27.1. The second-order valence-corrected chi connectivity index (χ2v) is 27.9. The van der Waals surface area contributed by atoms with Crippen LogP contribution in [0.25, 0.3) is 123 Å². The molecule has 0 atom stereocenters. The maximum Gasteiger partial charge on any atom is 0.166 e. The number of hydrogen-bond donors (Lipinski definition) is 0. The van der Waals surface area contributed by atoms with Gasteiger partial charge in [-0.25, -0.2) is 15.0 Å². The Kier molecular flexibility index (Phi) is 14.2. The predicted octanol–water partition coefficient (Wildman–Crippen LogP) is 20.9. The van der Waals surface area contributed by atoms with Gasteiger partial charge in [-0.1, -0.05) is 192 Å². The minimum absolute atomic E-state index is 0.117. The first-order valence-corrected chi connectivity index (χ1v) is 30.8. The quantitative estimate of drug-likeness (QED) is 0.149. The highest BCUT2D eigenvalue weighted by molar-refractivity contribution is 6.12. The Balaban J connectivity index is 1.14. The molecule has 10 aromatic carbocycles. The van der Waals surface area contributed by atoms with E-state index in [4.69, 9.17) is 15.0 Å². The molecular formula is C82H70N8. The van der Waals surface area contributed by atoms with E-state index in [-0.39, 0.29) is 21.7 Å². The summed E-state index contributed by atoms with van der Waals surface area (Å²) in [5.74, 6) is 1.37. The van der Waals surface area contributed by atoms with E-state index >= 15 is 0 Å². The number of aromatic nitrogens is 5. The first-order chi connectivity index (χ1) is 43.0. The smallest absolute Gasteiger partial charge is 0.166 e. The van der Waals surface area contributed by atoms with Crippen LogP contribution in [0.15, 0.2) is 206 Å². The molecule has 3 aromatic heterocycles. The number of benzene rings is 10. The second kappa shape index (κ2) is 21.8. The summed E-state index contributed by atoms with van der Waals surface area (Å²) in [5.41, 5.74) is 19.6. The minimum Gasteiger partial charge on any atom is -0.308 e. The molecule has 0 saturated heterocycles. The monoisotopic (exact) mass is 1170 g/mol. The third kappa shape index (κ3) is 10.5. The Hall–Kier alpha value is -10.7. The van der Waals surface area contributed by atoms with E-state index in [1.165, 1.54) is 22.3 Å². The van der Waals surface area contributed by atoms with Crippen molar-refractivity contribution in [3.05, 3.63) is 245 Å². The van der Waals surface area contributed by atoms with Crippen LogP contribution in [0.1, 0.15) is 122 Å². The van der Waals surface area contributed by atoms with Gasteiger partial charge in [-0.3, -0.25) is 0 Å². The lowest BCUT2D eigenvalue weighted by atomic mass is 9.85. The number of fused-ring (bicyclic) bond motifs is 6. The summed E-state index contributed by atoms with van der Waals surface area (Å²) in [7, 11) is 0. The summed E-state index contributed by atoms with van der Waals surface area (Å²) in [5, 5.41) is 35.4. The Bertz CT molecular complexity index is 4760. The van der Waals surface area contributed by atoms with Crippen LogP contribution in [0.2, 0.25) is 0 Å². The summed E-state index contributed by atoms with van der Waals surface area (Å²) >= 11 is 0. The molecule has 90 heavy (non-hydrogen) atoms. The van der Waals surface area contributed by atoms with E-state index in [9.17, 15) is 15.8 Å². The molecule has 438 valence electrons. The molecule has 0 radical (unpaired) electrons. The first-order valence-electron chi connectivity index (χ1n) is 30.8. The van der Waals surface area contributed by atoms with Gasteiger partial charge in [0.2, 0.25) is 0 Å². The normalized spacial score (nSPS) is 12.2. The largest absolute Gasteiger partial charge is 0.308 e. The molecule has 8 heteroatoms. The van der Waals surface area contributed by atoms with E-state index in [1.54, 1.807) is 0 Å². The van der Waals surface area contributed by atoms with Gasteiger partial charge in [-0.05, 0) is 174 Å². The van der Waals surface area contributed by atoms with Crippen LogP contribution in [0.5, 0.6) is 0 Å².